The predicted molar refractivity (Wildman–Crippen MR) is 75.3 cm³/mol. The summed E-state index contributed by atoms with van der Waals surface area (Å²) in [5, 5.41) is 7.21. The molecule has 3 heteroatoms. The van der Waals surface area contributed by atoms with E-state index in [0.717, 1.165) is 12.5 Å². The molecule has 0 aromatic heterocycles. The smallest absolute Gasteiger partial charge is 0.0283 e. The minimum atomic E-state index is 0.697. The maximum atomic E-state index is 3.64. The molecule has 2 nitrogen and oxygen atoms in total. The lowest BCUT2D eigenvalue weighted by Crippen LogP contribution is -2.45. The van der Waals surface area contributed by atoms with Crippen molar-refractivity contribution in [1.82, 2.24) is 10.6 Å². The van der Waals surface area contributed by atoms with Gasteiger partial charge in [-0.15, -0.1) is 0 Å². The fourth-order valence-corrected chi connectivity index (χ4v) is 3.10. The summed E-state index contributed by atoms with van der Waals surface area (Å²) in [5.74, 6) is 3.44. The summed E-state index contributed by atoms with van der Waals surface area (Å²) in [7, 11) is 0. The Morgan fingerprint density at radius 1 is 1.44 bits per heavy atom. The summed E-state index contributed by atoms with van der Waals surface area (Å²) in [6.07, 6.45) is 5.43. The summed E-state index contributed by atoms with van der Waals surface area (Å²) in [6.45, 7) is 8.14. The molecule has 0 amide bonds. The van der Waals surface area contributed by atoms with Crippen molar-refractivity contribution in [1.29, 1.82) is 0 Å². The van der Waals surface area contributed by atoms with E-state index in [1.54, 1.807) is 0 Å². The number of hydrogen-bond donors (Lipinski definition) is 2. The van der Waals surface area contributed by atoms with Crippen LogP contribution in [-0.4, -0.2) is 37.2 Å². The number of thioether (sulfide) groups is 1. The van der Waals surface area contributed by atoms with E-state index in [9.17, 15) is 0 Å². The molecule has 0 radical (unpaired) electrons. The van der Waals surface area contributed by atoms with Crippen molar-refractivity contribution < 1.29 is 0 Å². The number of nitrogens with one attached hydrogen (secondary N) is 2. The van der Waals surface area contributed by atoms with Crippen molar-refractivity contribution in [2.45, 2.75) is 45.6 Å². The van der Waals surface area contributed by atoms with Crippen molar-refractivity contribution in [3.05, 3.63) is 0 Å². The Hall–Kier alpha value is 0.270. The third-order valence-corrected chi connectivity index (χ3v) is 4.50. The quantitative estimate of drug-likeness (QED) is 0.686. The van der Waals surface area contributed by atoms with E-state index in [4.69, 9.17) is 0 Å². The minimum absolute atomic E-state index is 0.697. The highest BCUT2D eigenvalue weighted by Crippen LogP contribution is 2.11. The highest BCUT2D eigenvalue weighted by atomic mass is 32.2. The van der Waals surface area contributed by atoms with Crippen LogP contribution in [-0.2, 0) is 0 Å². The van der Waals surface area contributed by atoms with E-state index in [1.807, 2.05) is 0 Å². The average molecular weight is 244 g/mol. The summed E-state index contributed by atoms with van der Waals surface area (Å²) in [4.78, 5) is 0. The fourth-order valence-electron chi connectivity index (χ4n) is 2.16. The lowest BCUT2D eigenvalue weighted by Gasteiger charge is -2.24. The van der Waals surface area contributed by atoms with Gasteiger partial charge in [0.25, 0.3) is 0 Å². The van der Waals surface area contributed by atoms with Crippen molar-refractivity contribution in [2.24, 2.45) is 5.92 Å². The Morgan fingerprint density at radius 2 is 2.31 bits per heavy atom. The number of rotatable bonds is 8. The van der Waals surface area contributed by atoms with Crippen LogP contribution in [0, 0.1) is 5.92 Å². The molecule has 1 aliphatic heterocycles. The zero-order valence-corrected chi connectivity index (χ0v) is 11.7. The van der Waals surface area contributed by atoms with Crippen molar-refractivity contribution >= 4 is 11.8 Å². The summed E-state index contributed by atoms with van der Waals surface area (Å²) in [6, 6.07) is 0.697. The van der Waals surface area contributed by atoms with Crippen molar-refractivity contribution in [2.75, 3.05) is 31.1 Å². The summed E-state index contributed by atoms with van der Waals surface area (Å²) < 4.78 is 0. The highest BCUT2D eigenvalue weighted by Gasteiger charge is 2.12. The van der Waals surface area contributed by atoms with E-state index < -0.39 is 0 Å². The van der Waals surface area contributed by atoms with Gasteiger partial charge >= 0.3 is 0 Å². The predicted octanol–water partition coefficient (Wildman–Crippen LogP) is 2.50. The Labute approximate surface area is 105 Å². The van der Waals surface area contributed by atoms with E-state index >= 15 is 0 Å². The van der Waals surface area contributed by atoms with Gasteiger partial charge in [0.15, 0.2) is 0 Å². The molecule has 0 aromatic carbocycles. The molecule has 2 unspecified atom stereocenters. The number of hydrogen-bond acceptors (Lipinski definition) is 3. The molecule has 96 valence electrons. The van der Waals surface area contributed by atoms with Crippen LogP contribution in [0.1, 0.15) is 39.5 Å². The van der Waals surface area contributed by atoms with E-state index in [0.29, 0.717) is 6.04 Å². The van der Waals surface area contributed by atoms with Crippen LogP contribution in [0.3, 0.4) is 0 Å². The van der Waals surface area contributed by atoms with Crippen LogP contribution in [0.5, 0.6) is 0 Å². The molecule has 16 heavy (non-hydrogen) atoms. The van der Waals surface area contributed by atoms with Gasteiger partial charge in [-0.2, -0.15) is 11.8 Å². The second-order valence-electron chi connectivity index (χ2n) is 4.80. The third kappa shape index (κ3) is 6.12. The Balaban J connectivity index is 2.02. The molecule has 1 saturated heterocycles. The summed E-state index contributed by atoms with van der Waals surface area (Å²) >= 11 is 2.08. The monoisotopic (exact) mass is 244 g/mol. The molecule has 2 atom stereocenters. The molecule has 1 rings (SSSR count). The Kier molecular flexibility index (Phi) is 8.34. The molecule has 0 aliphatic carbocycles. The number of unbranched alkanes of at least 4 members (excludes halogenated alkanes) is 1. The molecule has 0 saturated carbocycles. The average Bonchev–Trinajstić information content (AvgIpc) is 2.35. The first-order valence-electron chi connectivity index (χ1n) is 6.88. The van der Waals surface area contributed by atoms with Gasteiger partial charge in [0.05, 0.1) is 0 Å². The largest absolute Gasteiger partial charge is 0.315 e. The van der Waals surface area contributed by atoms with Gasteiger partial charge in [0, 0.05) is 30.6 Å². The molecule has 2 N–H and O–H groups in total. The summed E-state index contributed by atoms with van der Waals surface area (Å²) in [5.41, 5.74) is 0. The van der Waals surface area contributed by atoms with E-state index in [-0.39, 0.29) is 0 Å². The molecule has 1 heterocycles. The minimum Gasteiger partial charge on any atom is -0.315 e. The second kappa shape index (κ2) is 9.32. The molecular formula is C13H28N2S. The first-order valence-corrected chi connectivity index (χ1v) is 8.04. The van der Waals surface area contributed by atoms with Gasteiger partial charge in [0.1, 0.15) is 0 Å². The normalized spacial score (nSPS) is 23.2. The molecule has 1 aliphatic rings. The van der Waals surface area contributed by atoms with Gasteiger partial charge in [-0.25, -0.2) is 0 Å². The van der Waals surface area contributed by atoms with Crippen molar-refractivity contribution in [3.63, 3.8) is 0 Å². The lowest BCUT2D eigenvalue weighted by molar-refractivity contribution is 0.404. The topological polar surface area (TPSA) is 24.1 Å². The van der Waals surface area contributed by atoms with Gasteiger partial charge < -0.3 is 10.6 Å². The zero-order chi connectivity index (χ0) is 11.6. The molecule has 0 bridgehead atoms. The first kappa shape index (κ1) is 14.3. The van der Waals surface area contributed by atoms with Crippen LogP contribution in [0.15, 0.2) is 0 Å². The highest BCUT2D eigenvalue weighted by molar-refractivity contribution is 7.99. The van der Waals surface area contributed by atoms with Crippen LogP contribution in [0.2, 0.25) is 0 Å². The molecule has 0 spiro atoms. The molecule has 0 aromatic rings. The molecular weight excluding hydrogens is 216 g/mol. The standard InChI is InChI=1S/C13H28N2S/c1-3-5-6-12(4-2)9-14-10-13-11-16-8-7-15-13/h12-15H,3-11H2,1-2H3. The SMILES string of the molecule is CCCCC(CC)CNCC1CSCCN1. The zero-order valence-electron chi connectivity index (χ0n) is 10.9. The van der Waals surface area contributed by atoms with Gasteiger partial charge in [-0.1, -0.05) is 33.1 Å². The Bertz CT molecular complexity index is 158. The molecule has 1 fully saturated rings. The van der Waals surface area contributed by atoms with Gasteiger partial charge in [-0.3, -0.25) is 0 Å². The van der Waals surface area contributed by atoms with Gasteiger partial charge in [0.2, 0.25) is 0 Å². The second-order valence-corrected chi connectivity index (χ2v) is 5.95. The van der Waals surface area contributed by atoms with E-state index in [2.05, 4.69) is 36.2 Å². The van der Waals surface area contributed by atoms with Crippen molar-refractivity contribution in [3.8, 4) is 0 Å². The third-order valence-electron chi connectivity index (χ3n) is 3.37. The van der Waals surface area contributed by atoms with Crippen LogP contribution in [0.4, 0.5) is 0 Å². The maximum Gasteiger partial charge on any atom is 0.0283 e. The van der Waals surface area contributed by atoms with Gasteiger partial charge in [-0.05, 0) is 18.9 Å². The van der Waals surface area contributed by atoms with Crippen LogP contribution >= 0.6 is 11.8 Å². The van der Waals surface area contributed by atoms with Crippen LogP contribution < -0.4 is 10.6 Å². The van der Waals surface area contributed by atoms with Crippen LogP contribution in [0.25, 0.3) is 0 Å². The maximum absolute atomic E-state index is 3.64. The van der Waals surface area contributed by atoms with E-state index in [1.165, 1.54) is 50.3 Å². The Morgan fingerprint density at radius 3 is 2.94 bits per heavy atom. The lowest BCUT2D eigenvalue weighted by atomic mass is 9.99. The first-order chi connectivity index (χ1) is 7.86. The fraction of sp³-hybridized carbons (Fsp3) is 1.00.